The Labute approximate surface area is 92.7 Å². The quantitative estimate of drug-likeness (QED) is 0.761. The molecule has 1 rings (SSSR count). The van der Waals surface area contributed by atoms with E-state index in [2.05, 4.69) is 15.3 Å². The number of carbonyl (C=O) groups is 1. The first-order valence-corrected chi connectivity index (χ1v) is 4.80. The lowest BCUT2D eigenvalue weighted by Crippen LogP contribution is -2.32. The third-order valence-electron chi connectivity index (χ3n) is 2.07. The van der Waals surface area contributed by atoms with Crippen LogP contribution >= 0.6 is 0 Å². The van der Waals surface area contributed by atoms with Gasteiger partial charge in [0.15, 0.2) is 11.6 Å². The Hall–Kier alpha value is -1.92. The minimum atomic E-state index is -0.638. The van der Waals surface area contributed by atoms with Crippen LogP contribution in [0.25, 0.3) is 0 Å². The van der Waals surface area contributed by atoms with E-state index in [0.29, 0.717) is 6.54 Å². The summed E-state index contributed by atoms with van der Waals surface area (Å²) in [7, 11) is 1.66. The predicted molar refractivity (Wildman–Crippen MR) is 58.2 cm³/mol. The van der Waals surface area contributed by atoms with Crippen LogP contribution in [0.3, 0.4) is 0 Å². The van der Waals surface area contributed by atoms with Crippen molar-refractivity contribution in [3.8, 4) is 0 Å². The maximum absolute atomic E-state index is 13.1. The van der Waals surface area contributed by atoms with Crippen molar-refractivity contribution in [1.29, 1.82) is 0 Å². The van der Waals surface area contributed by atoms with Gasteiger partial charge in [0.1, 0.15) is 0 Å². The summed E-state index contributed by atoms with van der Waals surface area (Å²) in [5.41, 5.74) is 5.30. The van der Waals surface area contributed by atoms with Gasteiger partial charge < -0.3 is 16.0 Å². The van der Waals surface area contributed by atoms with Gasteiger partial charge in [-0.05, 0) is 6.92 Å². The Bertz CT molecular complexity index is 384. The van der Waals surface area contributed by atoms with E-state index in [9.17, 15) is 9.18 Å². The molecule has 7 heteroatoms. The van der Waals surface area contributed by atoms with E-state index in [4.69, 9.17) is 5.73 Å². The Balaban J connectivity index is 2.61. The van der Waals surface area contributed by atoms with Gasteiger partial charge in [-0.2, -0.15) is 4.98 Å². The molecule has 1 heterocycles. The predicted octanol–water partition coefficient (Wildman–Crippen LogP) is 0.0881. The van der Waals surface area contributed by atoms with Crippen molar-refractivity contribution >= 4 is 17.7 Å². The Kier molecular flexibility index (Phi) is 3.98. The number of nitrogen functional groups attached to an aromatic ring is 1. The lowest BCUT2D eigenvalue weighted by Gasteiger charge is -2.15. The summed E-state index contributed by atoms with van der Waals surface area (Å²) in [4.78, 5) is 20.0. The number of carbonyl (C=O) groups excluding carboxylic acids is 1. The summed E-state index contributed by atoms with van der Waals surface area (Å²) in [6.07, 6.45) is 0.957. The first-order chi connectivity index (χ1) is 7.54. The molecule has 0 fully saturated rings. The van der Waals surface area contributed by atoms with E-state index in [0.717, 1.165) is 6.20 Å². The number of nitrogens with zero attached hydrogens (tertiary/aromatic N) is 3. The van der Waals surface area contributed by atoms with Crippen molar-refractivity contribution in [3.63, 3.8) is 0 Å². The molecule has 0 atom stereocenters. The van der Waals surface area contributed by atoms with Gasteiger partial charge in [0.05, 0.1) is 12.7 Å². The van der Waals surface area contributed by atoms with Crippen LogP contribution in [0, 0.1) is 5.82 Å². The highest BCUT2D eigenvalue weighted by atomic mass is 19.1. The van der Waals surface area contributed by atoms with Gasteiger partial charge in [-0.25, -0.2) is 9.37 Å². The lowest BCUT2D eigenvalue weighted by molar-refractivity contribution is -0.127. The van der Waals surface area contributed by atoms with Gasteiger partial charge in [-0.15, -0.1) is 0 Å². The van der Waals surface area contributed by atoms with Crippen molar-refractivity contribution < 1.29 is 9.18 Å². The summed E-state index contributed by atoms with van der Waals surface area (Å²) in [6.45, 7) is 2.41. The van der Waals surface area contributed by atoms with Gasteiger partial charge in [0.25, 0.3) is 0 Å². The second-order valence-electron chi connectivity index (χ2n) is 3.19. The fourth-order valence-electron chi connectivity index (χ4n) is 0.975. The van der Waals surface area contributed by atoms with Crippen molar-refractivity contribution in [2.75, 3.05) is 31.2 Å². The van der Waals surface area contributed by atoms with Crippen molar-refractivity contribution in [2.45, 2.75) is 6.92 Å². The Morgan fingerprint density at radius 3 is 3.00 bits per heavy atom. The van der Waals surface area contributed by atoms with Crippen LogP contribution in [0.5, 0.6) is 0 Å². The summed E-state index contributed by atoms with van der Waals surface area (Å²) in [5, 5.41) is 2.57. The number of anilines is 2. The van der Waals surface area contributed by atoms with Crippen molar-refractivity contribution in [3.05, 3.63) is 12.0 Å². The topological polar surface area (TPSA) is 84.1 Å². The maximum Gasteiger partial charge on any atom is 0.241 e. The fourth-order valence-corrected chi connectivity index (χ4v) is 0.975. The zero-order valence-electron chi connectivity index (χ0n) is 9.20. The molecule has 0 aliphatic carbocycles. The summed E-state index contributed by atoms with van der Waals surface area (Å²) >= 11 is 0. The molecule has 0 saturated heterocycles. The number of amides is 1. The minimum absolute atomic E-state index is 0.0300. The molecule has 6 nitrogen and oxygen atoms in total. The lowest BCUT2D eigenvalue weighted by atomic mass is 10.4. The van der Waals surface area contributed by atoms with Crippen LogP contribution in [0.1, 0.15) is 6.92 Å². The molecule has 88 valence electrons. The molecule has 0 spiro atoms. The van der Waals surface area contributed by atoms with Gasteiger partial charge >= 0.3 is 0 Å². The number of nitrogens with two attached hydrogens (primary N) is 1. The molecule has 0 unspecified atom stereocenters. The van der Waals surface area contributed by atoms with Crippen molar-refractivity contribution in [1.82, 2.24) is 14.9 Å². The molecule has 0 aliphatic heterocycles. The molecule has 3 N–H and O–H groups in total. The van der Waals surface area contributed by atoms with Gasteiger partial charge in [0.2, 0.25) is 11.9 Å². The molecule has 0 bridgehead atoms. The molecule has 1 aromatic rings. The Morgan fingerprint density at radius 2 is 2.38 bits per heavy atom. The number of likely N-dealkylation sites (N-methyl/N-ethyl adjacent to an activating group) is 1. The third-order valence-corrected chi connectivity index (χ3v) is 2.07. The second-order valence-corrected chi connectivity index (χ2v) is 3.19. The van der Waals surface area contributed by atoms with Crippen LogP contribution in [0.15, 0.2) is 6.20 Å². The average molecular weight is 227 g/mol. The van der Waals surface area contributed by atoms with E-state index in [1.165, 1.54) is 4.90 Å². The minimum Gasteiger partial charge on any atom is -0.368 e. The molecule has 0 saturated carbocycles. The molecule has 16 heavy (non-hydrogen) atoms. The van der Waals surface area contributed by atoms with Crippen LogP contribution in [-0.2, 0) is 4.79 Å². The number of hydrogen-bond acceptors (Lipinski definition) is 5. The second kappa shape index (κ2) is 5.24. The van der Waals surface area contributed by atoms with Crippen LogP contribution in [-0.4, -0.2) is 40.9 Å². The standard InChI is InChI=1S/C9H14FN5O/c1-3-15(2)7(16)5-12-8-6(10)4-13-9(11)14-8/h4H,3,5H2,1-2H3,(H3,11,12,13,14). The number of rotatable bonds is 4. The monoisotopic (exact) mass is 227 g/mol. The third kappa shape index (κ3) is 3.04. The summed E-state index contributed by atoms with van der Waals surface area (Å²) < 4.78 is 13.1. The summed E-state index contributed by atoms with van der Waals surface area (Å²) in [6, 6.07) is 0. The first kappa shape index (κ1) is 12.2. The van der Waals surface area contributed by atoms with E-state index < -0.39 is 5.82 Å². The first-order valence-electron chi connectivity index (χ1n) is 4.80. The van der Waals surface area contributed by atoms with E-state index >= 15 is 0 Å². The fraction of sp³-hybridized carbons (Fsp3) is 0.444. The molecule has 0 radical (unpaired) electrons. The molecule has 1 aromatic heterocycles. The average Bonchev–Trinajstić information content (AvgIpc) is 2.28. The van der Waals surface area contributed by atoms with Crippen molar-refractivity contribution in [2.24, 2.45) is 0 Å². The number of halogens is 1. The smallest absolute Gasteiger partial charge is 0.241 e. The molecular weight excluding hydrogens is 213 g/mol. The zero-order valence-corrected chi connectivity index (χ0v) is 9.20. The SMILES string of the molecule is CCN(C)C(=O)CNc1nc(N)ncc1F. The van der Waals surface area contributed by atoms with E-state index in [1.54, 1.807) is 7.05 Å². The highest BCUT2D eigenvalue weighted by Gasteiger charge is 2.09. The highest BCUT2D eigenvalue weighted by molar-refractivity contribution is 5.80. The highest BCUT2D eigenvalue weighted by Crippen LogP contribution is 2.09. The molecule has 0 aromatic carbocycles. The maximum atomic E-state index is 13.1. The number of aromatic nitrogens is 2. The van der Waals surface area contributed by atoms with E-state index in [-0.39, 0.29) is 24.2 Å². The normalized spacial score (nSPS) is 9.94. The Morgan fingerprint density at radius 1 is 1.69 bits per heavy atom. The van der Waals surface area contributed by atoms with Crippen LogP contribution < -0.4 is 11.1 Å². The number of nitrogens with one attached hydrogen (secondary N) is 1. The van der Waals surface area contributed by atoms with Crippen LogP contribution in [0.4, 0.5) is 16.2 Å². The number of hydrogen-bond donors (Lipinski definition) is 2. The van der Waals surface area contributed by atoms with Gasteiger partial charge in [-0.1, -0.05) is 0 Å². The van der Waals surface area contributed by atoms with Crippen LogP contribution in [0.2, 0.25) is 0 Å². The summed E-state index contributed by atoms with van der Waals surface area (Å²) in [5.74, 6) is -0.897. The molecule has 0 aliphatic rings. The largest absolute Gasteiger partial charge is 0.368 e. The van der Waals surface area contributed by atoms with Gasteiger partial charge in [0, 0.05) is 13.6 Å². The van der Waals surface area contributed by atoms with Gasteiger partial charge in [-0.3, -0.25) is 4.79 Å². The molecule has 1 amide bonds. The molecular formula is C9H14FN5O. The van der Waals surface area contributed by atoms with E-state index in [1.807, 2.05) is 6.92 Å². The zero-order chi connectivity index (χ0) is 12.1.